The summed E-state index contributed by atoms with van der Waals surface area (Å²) in [6, 6.07) is 1.59. The number of nitrogens with one attached hydrogen (secondary N) is 1. The molecule has 0 radical (unpaired) electrons. The summed E-state index contributed by atoms with van der Waals surface area (Å²) < 4.78 is 11.2. The van der Waals surface area contributed by atoms with Crippen LogP contribution in [0.4, 0.5) is 4.79 Å². The predicted octanol–water partition coefficient (Wildman–Crippen LogP) is 2.98. The van der Waals surface area contributed by atoms with E-state index in [2.05, 4.69) is 26.2 Å². The van der Waals surface area contributed by atoms with Crippen molar-refractivity contribution in [2.45, 2.75) is 45.3 Å². The van der Waals surface area contributed by atoms with Gasteiger partial charge in [-0.2, -0.15) is 0 Å². The van der Waals surface area contributed by atoms with Crippen LogP contribution in [0.2, 0.25) is 0 Å². The van der Waals surface area contributed by atoms with Crippen molar-refractivity contribution in [2.75, 3.05) is 20.2 Å². The van der Waals surface area contributed by atoms with Gasteiger partial charge in [0.25, 0.3) is 5.91 Å². The molecule has 1 N–H and O–H groups in total. The minimum atomic E-state index is -0.505. The first-order chi connectivity index (χ1) is 11.7. The smallest absolute Gasteiger partial charge is 0.410 e. The van der Waals surface area contributed by atoms with Crippen LogP contribution in [0.1, 0.15) is 44.1 Å². The molecule has 0 unspecified atom stereocenters. The maximum absolute atomic E-state index is 12.3. The second kappa shape index (κ2) is 8.03. The molecular weight excluding hydrogens is 390 g/mol. The van der Waals surface area contributed by atoms with Crippen LogP contribution in [0.25, 0.3) is 0 Å². The number of carbonyl (C=O) groups is 2. The van der Waals surface area contributed by atoms with Crippen LogP contribution < -0.4 is 10.1 Å². The van der Waals surface area contributed by atoms with Gasteiger partial charge in [-0.15, -0.1) is 0 Å². The van der Waals surface area contributed by atoms with Gasteiger partial charge in [-0.1, -0.05) is 0 Å². The lowest BCUT2D eigenvalue weighted by atomic mass is 10.1. The van der Waals surface area contributed by atoms with E-state index in [4.69, 9.17) is 9.47 Å². The molecule has 1 aliphatic rings. The van der Waals surface area contributed by atoms with Crippen molar-refractivity contribution in [3.05, 3.63) is 22.4 Å². The molecule has 8 heteroatoms. The van der Waals surface area contributed by atoms with E-state index in [1.165, 1.54) is 7.11 Å². The van der Waals surface area contributed by atoms with Gasteiger partial charge in [-0.05, 0) is 49.5 Å². The van der Waals surface area contributed by atoms with Crippen LogP contribution in [0, 0.1) is 0 Å². The van der Waals surface area contributed by atoms with Crippen molar-refractivity contribution < 1.29 is 19.1 Å². The fourth-order valence-electron chi connectivity index (χ4n) is 2.49. The van der Waals surface area contributed by atoms with Gasteiger partial charge in [0, 0.05) is 31.4 Å². The first kappa shape index (κ1) is 19.5. The van der Waals surface area contributed by atoms with Crippen LogP contribution in [0.15, 0.2) is 16.7 Å². The van der Waals surface area contributed by atoms with Gasteiger partial charge in [0.2, 0.25) is 0 Å². The summed E-state index contributed by atoms with van der Waals surface area (Å²) >= 11 is 3.31. The van der Waals surface area contributed by atoms with E-state index in [0.717, 1.165) is 0 Å². The van der Waals surface area contributed by atoms with Crippen LogP contribution >= 0.6 is 15.9 Å². The van der Waals surface area contributed by atoms with E-state index in [-0.39, 0.29) is 18.0 Å². The lowest BCUT2D eigenvalue weighted by molar-refractivity contribution is 0.0199. The van der Waals surface area contributed by atoms with Crippen molar-refractivity contribution >= 4 is 27.9 Å². The van der Waals surface area contributed by atoms with Gasteiger partial charge < -0.3 is 19.7 Å². The Kier molecular flexibility index (Phi) is 6.26. The SMILES string of the molecule is COc1cc(C(=O)NC2CCN(C(=O)OC(C)(C)C)CC2)ncc1Br. The highest BCUT2D eigenvalue weighted by atomic mass is 79.9. The number of halogens is 1. The van der Waals surface area contributed by atoms with Crippen LogP contribution in [0.3, 0.4) is 0 Å². The summed E-state index contributed by atoms with van der Waals surface area (Å²) in [5.74, 6) is 0.307. The number of aromatic nitrogens is 1. The zero-order valence-electron chi connectivity index (χ0n) is 15.0. The number of rotatable bonds is 3. The number of pyridine rings is 1. The summed E-state index contributed by atoms with van der Waals surface area (Å²) in [5, 5.41) is 2.96. The fraction of sp³-hybridized carbons (Fsp3) is 0.588. The van der Waals surface area contributed by atoms with Crippen LogP contribution in [-0.2, 0) is 4.74 Å². The van der Waals surface area contributed by atoms with Crippen molar-refractivity contribution in [1.29, 1.82) is 0 Å². The molecule has 0 bridgehead atoms. The van der Waals surface area contributed by atoms with Crippen LogP contribution in [0.5, 0.6) is 5.75 Å². The Labute approximate surface area is 156 Å². The Morgan fingerprint density at radius 1 is 1.32 bits per heavy atom. The molecule has 0 aromatic carbocycles. The number of likely N-dealkylation sites (tertiary alicyclic amines) is 1. The summed E-state index contributed by atoms with van der Waals surface area (Å²) in [6.07, 6.45) is 2.59. The number of amides is 2. The standard InChI is InChI=1S/C17H24BrN3O4/c1-17(2,3)25-16(23)21-7-5-11(6-8-21)20-15(22)13-9-14(24-4)12(18)10-19-13/h9-11H,5-8H2,1-4H3,(H,20,22). The lowest BCUT2D eigenvalue weighted by Gasteiger charge is -2.33. The molecule has 0 atom stereocenters. The van der Waals surface area contributed by atoms with Gasteiger partial charge in [0.1, 0.15) is 17.0 Å². The highest BCUT2D eigenvalue weighted by molar-refractivity contribution is 9.10. The largest absolute Gasteiger partial charge is 0.495 e. The average molecular weight is 414 g/mol. The summed E-state index contributed by atoms with van der Waals surface area (Å²) in [5.41, 5.74) is -0.205. The van der Waals surface area contributed by atoms with E-state index in [1.54, 1.807) is 17.2 Å². The maximum Gasteiger partial charge on any atom is 0.410 e. The quantitative estimate of drug-likeness (QED) is 0.823. The molecule has 0 aliphatic carbocycles. The van der Waals surface area contributed by atoms with Crippen molar-refractivity contribution in [2.24, 2.45) is 0 Å². The average Bonchev–Trinajstić information content (AvgIpc) is 2.54. The maximum atomic E-state index is 12.3. The monoisotopic (exact) mass is 413 g/mol. The highest BCUT2D eigenvalue weighted by Gasteiger charge is 2.27. The van der Waals surface area contributed by atoms with Gasteiger partial charge in [0.15, 0.2) is 0 Å². The summed E-state index contributed by atoms with van der Waals surface area (Å²) in [6.45, 7) is 6.64. The molecule has 1 aliphatic heterocycles. The summed E-state index contributed by atoms with van der Waals surface area (Å²) in [7, 11) is 1.54. The minimum absolute atomic E-state index is 0.00243. The third-order valence-electron chi connectivity index (χ3n) is 3.75. The van der Waals surface area contributed by atoms with E-state index >= 15 is 0 Å². The number of hydrogen-bond acceptors (Lipinski definition) is 5. The molecule has 1 saturated heterocycles. The number of methoxy groups -OCH3 is 1. The Bertz CT molecular complexity index is 637. The highest BCUT2D eigenvalue weighted by Crippen LogP contribution is 2.24. The summed E-state index contributed by atoms with van der Waals surface area (Å²) in [4.78, 5) is 30.2. The molecule has 2 heterocycles. The zero-order valence-corrected chi connectivity index (χ0v) is 16.6. The Morgan fingerprint density at radius 2 is 1.96 bits per heavy atom. The Balaban J connectivity index is 1.87. The van der Waals surface area contributed by atoms with Crippen molar-refractivity contribution in [3.63, 3.8) is 0 Å². The molecule has 0 saturated carbocycles. The van der Waals surface area contributed by atoms with Gasteiger partial charge in [0.05, 0.1) is 11.6 Å². The molecule has 1 aromatic heterocycles. The number of nitrogens with zero attached hydrogens (tertiary/aromatic N) is 2. The normalized spacial score (nSPS) is 15.6. The van der Waals surface area contributed by atoms with E-state index in [1.807, 2.05) is 20.8 Å². The number of piperidine rings is 1. The third kappa shape index (κ3) is 5.59. The molecule has 0 spiro atoms. The molecule has 1 fully saturated rings. The van der Waals surface area contributed by atoms with Gasteiger partial charge >= 0.3 is 6.09 Å². The molecule has 1 aromatic rings. The van der Waals surface area contributed by atoms with Crippen LogP contribution in [-0.4, -0.2) is 53.7 Å². The van der Waals surface area contributed by atoms with E-state index in [0.29, 0.717) is 41.8 Å². The number of carbonyl (C=O) groups excluding carboxylic acids is 2. The van der Waals surface area contributed by atoms with Crippen molar-refractivity contribution in [3.8, 4) is 5.75 Å². The first-order valence-electron chi connectivity index (χ1n) is 8.18. The molecule has 2 amide bonds. The zero-order chi connectivity index (χ0) is 18.6. The molecular formula is C17H24BrN3O4. The lowest BCUT2D eigenvalue weighted by Crippen LogP contribution is -2.47. The molecule has 2 rings (SSSR count). The number of ether oxygens (including phenoxy) is 2. The first-order valence-corrected chi connectivity index (χ1v) is 8.97. The van der Waals surface area contributed by atoms with E-state index in [9.17, 15) is 9.59 Å². The third-order valence-corrected chi connectivity index (χ3v) is 4.35. The molecule has 138 valence electrons. The second-order valence-electron chi connectivity index (χ2n) is 6.92. The minimum Gasteiger partial charge on any atom is -0.495 e. The van der Waals surface area contributed by atoms with Gasteiger partial charge in [-0.3, -0.25) is 4.79 Å². The topological polar surface area (TPSA) is 80.8 Å². The fourth-order valence-corrected chi connectivity index (χ4v) is 2.87. The Morgan fingerprint density at radius 3 is 2.52 bits per heavy atom. The van der Waals surface area contributed by atoms with Crippen molar-refractivity contribution in [1.82, 2.24) is 15.2 Å². The molecule has 7 nitrogen and oxygen atoms in total. The molecule has 25 heavy (non-hydrogen) atoms. The van der Waals surface area contributed by atoms with E-state index < -0.39 is 5.60 Å². The Hall–Kier alpha value is -1.83. The predicted molar refractivity (Wildman–Crippen MR) is 96.8 cm³/mol. The van der Waals surface area contributed by atoms with Gasteiger partial charge in [-0.25, -0.2) is 9.78 Å². The second-order valence-corrected chi connectivity index (χ2v) is 7.77. The number of hydrogen-bond donors (Lipinski definition) is 1.